The highest BCUT2D eigenvalue weighted by molar-refractivity contribution is 5.91. The third kappa shape index (κ3) is 5.97. The molecule has 0 N–H and O–H groups in total. The van der Waals surface area contributed by atoms with E-state index in [4.69, 9.17) is 9.47 Å². The van der Waals surface area contributed by atoms with Crippen LogP contribution in [0.1, 0.15) is 49.4 Å². The predicted molar refractivity (Wildman–Crippen MR) is 105 cm³/mol. The highest BCUT2D eigenvalue weighted by Crippen LogP contribution is 2.29. The lowest BCUT2D eigenvalue weighted by Gasteiger charge is -2.28. The van der Waals surface area contributed by atoms with Gasteiger partial charge in [-0.2, -0.15) is 0 Å². The molecule has 0 unspecified atom stereocenters. The highest BCUT2D eigenvalue weighted by Gasteiger charge is 2.25. The monoisotopic (exact) mass is 458 g/mol. The van der Waals surface area contributed by atoms with Crippen molar-refractivity contribution in [3.05, 3.63) is 58.9 Å². The molecule has 2 aromatic carbocycles. The molecule has 0 heterocycles. The third-order valence-electron chi connectivity index (χ3n) is 5.22. The van der Waals surface area contributed by atoms with Crippen LogP contribution in [0.5, 0.6) is 11.5 Å². The molecule has 1 aliphatic rings. The molecule has 0 aliphatic heterocycles. The molecule has 0 atom stereocenters. The van der Waals surface area contributed by atoms with Gasteiger partial charge in [-0.3, -0.25) is 0 Å². The summed E-state index contributed by atoms with van der Waals surface area (Å²) in [6.45, 7) is 3.03. The molecule has 0 bridgehead atoms. The van der Waals surface area contributed by atoms with E-state index in [2.05, 4.69) is 4.74 Å². The van der Waals surface area contributed by atoms with Crippen LogP contribution in [0.3, 0.4) is 0 Å². The lowest BCUT2D eigenvalue weighted by molar-refractivity contribution is 0.0132. The molecule has 3 rings (SSSR count). The zero-order chi connectivity index (χ0) is 23.3. The summed E-state index contributed by atoms with van der Waals surface area (Å²) in [7, 11) is 0. The molecule has 1 fully saturated rings. The Hall–Kier alpha value is -2.68. The lowest BCUT2D eigenvalue weighted by Crippen LogP contribution is -2.25. The molecule has 0 amide bonds. The minimum atomic E-state index is -1.76. The van der Waals surface area contributed by atoms with Crippen molar-refractivity contribution in [2.24, 2.45) is 5.92 Å². The number of hydrogen-bond donors (Lipinski definition) is 0. The largest absolute Gasteiger partial charge is 0.493 e. The van der Waals surface area contributed by atoms with Crippen molar-refractivity contribution in [2.75, 3.05) is 13.2 Å². The van der Waals surface area contributed by atoms with E-state index in [-0.39, 0.29) is 24.4 Å². The lowest BCUT2D eigenvalue weighted by atomic mass is 9.88. The Morgan fingerprint density at radius 1 is 0.875 bits per heavy atom. The highest BCUT2D eigenvalue weighted by atomic mass is 19.2. The first-order chi connectivity index (χ1) is 15.3. The minimum Gasteiger partial charge on any atom is -0.493 e. The van der Waals surface area contributed by atoms with Gasteiger partial charge in [0.15, 0.2) is 17.5 Å². The first kappa shape index (κ1) is 24.0. The second-order valence-corrected chi connectivity index (χ2v) is 7.68. The van der Waals surface area contributed by atoms with Crippen molar-refractivity contribution in [2.45, 2.75) is 45.1 Å². The normalized spacial score (nSPS) is 18.4. The third-order valence-corrected chi connectivity index (χ3v) is 5.22. The number of carbonyl (C=O) groups is 1. The number of rotatable bonds is 8. The summed E-state index contributed by atoms with van der Waals surface area (Å²) in [5, 5.41) is 0. The smallest absolute Gasteiger partial charge is 0.349 e. The molecule has 32 heavy (non-hydrogen) atoms. The first-order valence-electron chi connectivity index (χ1n) is 10.4. The Morgan fingerprint density at radius 2 is 1.44 bits per heavy atom. The summed E-state index contributed by atoms with van der Waals surface area (Å²) in [6.07, 6.45) is 4.72. The van der Waals surface area contributed by atoms with Gasteiger partial charge in [0, 0.05) is 30.9 Å². The van der Waals surface area contributed by atoms with Crippen LogP contribution in [0.25, 0.3) is 0 Å². The zero-order valence-corrected chi connectivity index (χ0v) is 17.4. The van der Waals surface area contributed by atoms with Crippen LogP contribution >= 0.6 is 0 Å². The molecular weight excluding hydrogens is 435 g/mol. The number of ether oxygens (including phenoxy) is 3. The Bertz CT molecular complexity index is 911. The van der Waals surface area contributed by atoms with Gasteiger partial charge < -0.3 is 14.2 Å². The van der Waals surface area contributed by atoms with E-state index in [1.54, 1.807) is 0 Å². The average Bonchev–Trinajstić information content (AvgIpc) is 2.74. The van der Waals surface area contributed by atoms with E-state index in [1.165, 1.54) is 0 Å². The summed E-state index contributed by atoms with van der Waals surface area (Å²) in [4.78, 5) is 12.1. The van der Waals surface area contributed by atoms with Crippen molar-refractivity contribution in [3.63, 3.8) is 0 Å². The molecule has 2 aromatic rings. The van der Waals surface area contributed by atoms with Crippen molar-refractivity contribution < 1.29 is 41.0 Å². The van der Waals surface area contributed by atoms with Crippen molar-refractivity contribution in [1.29, 1.82) is 0 Å². The van der Waals surface area contributed by atoms with Crippen molar-refractivity contribution >= 4 is 5.97 Å². The van der Waals surface area contributed by atoms with Gasteiger partial charge in [-0.1, -0.05) is 6.92 Å². The summed E-state index contributed by atoms with van der Waals surface area (Å²) < 4.78 is 84.1. The maximum absolute atomic E-state index is 14.4. The quantitative estimate of drug-likeness (QED) is 0.212. The molecule has 0 radical (unpaired) electrons. The summed E-state index contributed by atoms with van der Waals surface area (Å²) in [5.41, 5.74) is -1.06. The van der Waals surface area contributed by atoms with Gasteiger partial charge >= 0.3 is 5.97 Å². The van der Waals surface area contributed by atoms with Crippen LogP contribution in [0.4, 0.5) is 22.0 Å². The summed E-state index contributed by atoms with van der Waals surface area (Å²) >= 11 is 0. The predicted octanol–water partition coefficient (Wildman–Crippen LogP) is 5.97. The standard InChI is InChI=1S/C23H23F5O4/c1-2-7-30-14-5-3-13(4-6-14)12-31-15-8-17(24)21(18(25)9-15)23(29)32-16-10-19(26)22(28)20(27)11-16/h8-11,13-14H,2-7,12H2,1H3. The topological polar surface area (TPSA) is 44.8 Å². The van der Waals surface area contributed by atoms with Crippen LogP contribution in [-0.4, -0.2) is 25.3 Å². The number of carbonyl (C=O) groups excluding carboxylic acids is 1. The van der Waals surface area contributed by atoms with Crippen LogP contribution < -0.4 is 9.47 Å². The Labute approximate surface area is 182 Å². The van der Waals surface area contributed by atoms with Crippen molar-refractivity contribution in [3.8, 4) is 11.5 Å². The zero-order valence-electron chi connectivity index (χ0n) is 17.4. The maximum atomic E-state index is 14.4. The van der Waals surface area contributed by atoms with Crippen molar-refractivity contribution in [1.82, 2.24) is 0 Å². The molecule has 9 heteroatoms. The van der Waals surface area contributed by atoms with Crippen LogP contribution in [0.2, 0.25) is 0 Å². The van der Waals surface area contributed by atoms with Gasteiger partial charge in [0.2, 0.25) is 0 Å². The number of halogens is 5. The fourth-order valence-corrected chi connectivity index (χ4v) is 3.54. The number of benzene rings is 2. The SMILES string of the molecule is CCCOC1CCC(COc2cc(F)c(C(=O)Oc3cc(F)c(F)c(F)c3)c(F)c2)CC1. The molecule has 1 saturated carbocycles. The fraction of sp³-hybridized carbons (Fsp3) is 0.435. The van der Waals surface area contributed by atoms with Crippen LogP contribution in [0, 0.1) is 35.0 Å². The maximum Gasteiger partial charge on any atom is 0.349 e. The number of esters is 1. The number of hydrogen-bond acceptors (Lipinski definition) is 4. The van der Waals surface area contributed by atoms with Gasteiger partial charge in [0.1, 0.15) is 28.7 Å². The van der Waals surface area contributed by atoms with Gasteiger partial charge in [0.05, 0.1) is 12.7 Å². The molecule has 1 aliphatic carbocycles. The average molecular weight is 458 g/mol. The van der Waals surface area contributed by atoms with E-state index < -0.39 is 46.4 Å². The molecule has 0 aromatic heterocycles. The molecule has 174 valence electrons. The van der Waals surface area contributed by atoms with E-state index >= 15 is 0 Å². The van der Waals surface area contributed by atoms with Crippen LogP contribution in [0.15, 0.2) is 24.3 Å². The van der Waals surface area contributed by atoms with Gasteiger partial charge in [0.25, 0.3) is 0 Å². The second kappa shape index (κ2) is 10.8. The molecule has 0 spiro atoms. The Morgan fingerprint density at radius 3 is 2.00 bits per heavy atom. The first-order valence-corrected chi connectivity index (χ1v) is 10.4. The summed E-state index contributed by atoms with van der Waals surface area (Å²) in [5.74, 6) is -9.63. The Kier molecular flexibility index (Phi) is 8.06. The van der Waals surface area contributed by atoms with E-state index in [1.807, 2.05) is 6.92 Å². The van der Waals surface area contributed by atoms with Gasteiger partial charge in [-0.05, 0) is 38.0 Å². The molecule has 0 saturated heterocycles. The van der Waals surface area contributed by atoms with Gasteiger partial charge in [-0.15, -0.1) is 0 Å². The van der Waals surface area contributed by atoms with E-state index in [0.29, 0.717) is 12.1 Å². The Balaban J connectivity index is 1.60. The second-order valence-electron chi connectivity index (χ2n) is 7.68. The summed E-state index contributed by atoms with van der Waals surface area (Å²) in [6, 6.07) is 2.46. The van der Waals surface area contributed by atoms with Gasteiger partial charge in [-0.25, -0.2) is 26.7 Å². The minimum absolute atomic E-state index is 0.0974. The molecule has 4 nitrogen and oxygen atoms in total. The van der Waals surface area contributed by atoms with E-state index in [9.17, 15) is 26.7 Å². The van der Waals surface area contributed by atoms with Crippen LogP contribution in [-0.2, 0) is 4.74 Å². The molecular formula is C23H23F5O4. The fourth-order valence-electron chi connectivity index (χ4n) is 3.54. The van der Waals surface area contributed by atoms with E-state index in [0.717, 1.165) is 50.8 Å².